The van der Waals surface area contributed by atoms with Gasteiger partial charge in [-0.25, -0.2) is 9.97 Å². The lowest BCUT2D eigenvalue weighted by molar-refractivity contribution is 1.18. The van der Waals surface area contributed by atoms with Crippen molar-refractivity contribution in [2.24, 2.45) is 0 Å². The van der Waals surface area contributed by atoms with E-state index >= 15 is 0 Å². The minimum atomic E-state index is 0.707. The van der Waals surface area contributed by atoms with Gasteiger partial charge in [0.25, 0.3) is 0 Å². The third-order valence-electron chi connectivity index (χ3n) is 11.5. The predicted molar refractivity (Wildman–Crippen MR) is 242 cm³/mol. The quantitative estimate of drug-likeness (QED) is 0.163. The van der Waals surface area contributed by atoms with Crippen LogP contribution in [0.15, 0.2) is 218 Å². The maximum Gasteiger partial charge on any atom is 0.160 e. The molecular formula is C56H36N2. The molecule has 0 N–H and O–H groups in total. The Kier molecular flexibility index (Phi) is 8.19. The van der Waals surface area contributed by atoms with Gasteiger partial charge < -0.3 is 0 Å². The lowest BCUT2D eigenvalue weighted by Gasteiger charge is -2.15. The van der Waals surface area contributed by atoms with Gasteiger partial charge >= 0.3 is 0 Å². The Labute approximate surface area is 338 Å². The molecule has 0 saturated heterocycles. The molecule has 11 rings (SSSR count). The second kappa shape index (κ2) is 14.1. The van der Waals surface area contributed by atoms with Crippen LogP contribution in [0.3, 0.4) is 0 Å². The van der Waals surface area contributed by atoms with Crippen molar-refractivity contribution in [3.8, 4) is 101 Å². The predicted octanol–water partition coefficient (Wildman–Crippen LogP) is 14.9. The summed E-state index contributed by atoms with van der Waals surface area (Å²) in [4.78, 5) is 10.2. The molecular weight excluding hydrogens is 701 g/mol. The zero-order valence-electron chi connectivity index (χ0n) is 31.7. The van der Waals surface area contributed by atoms with Crippen molar-refractivity contribution in [3.63, 3.8) is 0 Å². The van der Waals surface area contributed by atoms with Gasteiger partial charge in [0.1, 0.15) is 0 Å². The summed E-state index contributed by atoms with van der Waals surface area (Å²) in [5, 5.41) is 2.64. The van der Waals surface area contributed by atoms with Gasteiger partial charge in [-0.1, -0.05) is 212 Å². The summed E-state index contributed by atoms with van der Waals surface area (Å²) in [5.74, 6) is 0.707. The minimum absolute atomic E-state index is 0.707. The maximum atomic E-state index is 5.13. The Morgan fingerprint density at radius 3 is 1.28 bits per heavy atom. The van der Waals surface area contributed by atoms with E-state index in [1.54, 1.807) is 0 Å². The Balaban J connectivity index is 0.929. The molecule has 0 unspecified atom stereocenters. The van der Waals surface area contributed by atoms with Crippen LogP contribution in [0.1, 0.15) is 0 Å². The molecule has 2 nitrogen and oxygen atoms in total. The Morgan fingerprint density at radius 2 is 0.638 bits per heavy atom. The molecule has 0 radical (unpaired) electrons. The highest BCUT2D eigenvalue weighted by molar-refractivity contribution is 6.19. The summed E-state index contributed by atoms with van der Waals surface area (Å²) in [6.45, 7) is 0. The van der Waals surface area contributed by atoms with Crippen LogP contribution >= 0.6 is 0 Å². The first kappa shape index (κ1) is 33.6. The van der Waals surface area contributed by atoms with Crippen molar-refractivity contribution in [2.45, 2.75) is 0 Å². The molecule has 0 bridgehead atoms. The van der Waals surface area contributed by atoms with Crippen LogP contribution in [0, 0.1) is 0 Å². The highest BCUT2D eigenvalue weighted by Gasteiger charge is 2.23. The van der Waals surface area contributed by atoms with Gasteiger partial charge in [0, 0.05) is 16.7 Å². The first-order chi connectivity index (χ1) is 28.8. The van der Waals surface area contributed by atoms with Gasteiger partial charge in [0.05, 0.1) is 11.4 Å². The van der Waals surface area contributed by atoms with Crippen LogP contribution in [-0.4, -0.2) is 9.97 Å². The first-order valence-electron chi connectivity index (χ1n) is 19.8. The number of hydrogen-bond acceptors (Lipinski definition) is 2. The summed E-state index contributed by atoms with van der Waals surface area (Å²) in [5.41, 5.74) is 19.7. The van der Waals surface area contributed by atoms with Crippen LogP contribution in [0.2, 0.25) is 0 Å². The van der Waals surface area contributed by atoms with Crippen molar-refractivity contribution < 1.29 is 0 Å². The van der Waals surface area contributed by atoms with Gasteiger partial charge in [-0.2, -0.15) is 0 Å². The lowest BCUT2D eigenvalue weighted by Crippen LogP contribution is -1.97. The standard InChI is InChI=1S/C56H36N2/c1-3-14-39(15-4-1)44-19-8-12-23-49(44)54-36-53(57-56(58-54)42-16-5-2-6-17-42)41-32-28-38(29-33-41)37-26-30-40(31-27-37)43-18-7-9-20-45(43)48-34-35-52-47-22-11-10-21-46(47)50-24-13-25-51(48)55(50)52/h1-36H. The largest absolute Gasteiger partial charge is 0.228 e. The fourth-order valence-electron chi connectivity index (χ4n) is 8.71. The van der Waals surface area contributed by atoms with Crippen LogP contribution in [0.4, 0.5) is 0 Å². The van der Waals surface area contributed by atoms with Crippen LogP contribution < -0.4 is 0 Å². The molecule has 0 spiro atoms. The van der Waals surface area contributed by atoms with E-state index in [0.717, 1.165) is 44.8 Å². The molecule has 0 amide bonds. The van der Waals surface area contributed by atoms with Crippen LogP contribution in [-0.2, 0) is 0 Å². The monoisotopic (exact) mass is 736 g/mol. The minimum Gasteiger partial charge on any atom is -0.228 e. The van der Waals surface area contributed by atoms with E-state index in [9.17, 15) is 0 Å². The summed E-state index contributed by atoms with van der Waals surface area (Å²) in [7, 11) is 0. The second-order valence-corrected chi connectivity index (χ2v) is 14.9. The second-order valence-electron chi connectivity index (χ2n) is 14.9. The molecule has 270 valence electrons. The average Bonchev–Trinajstić information content (AvgIpc) is 3.64. The molecule has 10 aromatic rings. The van der Waals surface area contributed by atoms with E-state index in [-0.39, 0.29) is 0 Å². The van der Waals surface area contributed by atoms with Gasteiger partial charge in [0.2, 0.25) is 0 Å². The smallest absolute Gasteiger partial charge is 0.160 e. The Morgan fingerprint density at radius 1 is 0.224 bits per heavy atom. The molecule has 58 heavy (non-hydrogen) atoms. The van der Waals surface area contributed by atoms with E-state index in [2.05, 4.69) is 200 Å². The number of nitrogens with zero attached hydrogens (tertiary/aromatic N) is 2. The van der Waals surface area contributed by atoms with Crippen LogP contribution in [0.25, 0.3) is 111 Å². The highest BCUT2D eigenvalue weighted by Crippen LogP contribution is 2.50. The summed E-state index contributed by atoms with van der Waals surface area (Å²) >= 11 is 0. The molecule has 9 aromatic carbocycles. The zero-order chi connectivity index (χ0) is 38.4. The number of benzene rings is 9. The van der Waals surface area contributed by atoms with E-state index in [1.807, 2.05) is 18.2 Å². The van der Waals surface area contributed by atoms with Crippen molar-refractivity contribution >= 4 is 10.8 Å². The maximum absolute atomic E-state index is 5.13. The van der Waals surface area contributed by atoms with E-state index in [4.69, 9.17) is 9.97 Å². The topological polar surface area (TPSA) is 25.8 Å². The van der Waals surface area contributed by atoms with E-state index in [0.29, 0.717) is 5.82 Å². The van der Waals surface area contributed by atoms with Gasteiger partial charge in [-0.05, 0) is 83.6 Å². The molecule has 2 heteroatoms. The number of hydrogen-bond donors (Lipinski definition) is 0. The normalized spacial score (nSPS) is 11.4. The molecule has 0 saturated carbocycles. The fourth-order valence-corrected chi connectivity index (χ4v) is 8.71. The van der Waals surface area contributed by atoms with Crippen molar-refractivity contribution in [1.82, 2.24) is 9.97 Å². The Bertz CT molecular complexity index is 3100. The first-order valence-corrected chi connectivity index (χ1v) is 19.8. The van der Waals surface area contributed by atoms with Crippen molar-refractivity contribution in [3.05, 3.63) is 218 Å². The van der Waals surface area contributed by atoms with Crippen molar-refractivity contribution in [1.29, 1.82) is 0 Å². The molecule has 0 atom stereocenters. The highest BCUT2D eigenvalue weighted by atomic mass is 14.9. The van der Waals surface area contributed by atoms with E-state index < -0.39 is 0 Å². The average molecular weight is 737 g/mol. The number of aromatic nitrogens is 2. The molecule has 1 heterocycles. The SMILES string of the molecule is c1ccc(-c2nc(-c3ccc(-c4ccc(-c5ccccc5-c5ccc6c7c(cccc57)-c5ccccc5-6)cc4)cc3)cc(-c3ccccc3-c3ccccc3)n2)cc1. The van der Waals surface area contributed by atoms with Crippen molar-refractivity contribution in [2.75, 3.05) is 0 Å². The molecule has 1 aliphatic carbocycles. The van der Waals surface area contributed by atoms with Gasteiger partial charge in [-0.3, -0.25) is 0 Å². The fraction of sp³-hybridized carbons (Fsp3) is 0. The van der Waals surface area contributed by atoms with E-state index in [1.165, 1.54) is 60.8 Å². The molecule has 0 fully saturated rings. The zero-order valence-corrected chi connectivity index (χ0v) is 31.7. The summed E-state index contributed by atoms with van der Waals surface area (Å²) in [6, 6.07) is 78.0. The molecule has 1 aromatic heterocycles. The summed E-state index contributed by atoms with van der Waals surface area (Å²) < 4.78 is 0. The van der Waals surface area contributed by atoms with Crippen LogP contribution in [0.5, 0.6) is 0 Å². The lowest BCUT2D eigenvalue weighted by atomic mass is 9.89. The third kappa shape index (κ3) is 5.82. The summed E-state index contributed by atoms with van der Waals surface area (Å²) in [6.07, 6.45) is 0. The molecule has 0 aliphatic heterocycles. The van der Waals surface area contributed by atoms with Gasteiger partial charge in [0.15, 0.2) is 5.82 Å². The third-order valence-corrected chi connectivity index (χ3v) is 11.5. The Hall–Kier alpha value is -7.68. The molecule has 1 aliphatic rings. The van der Waals surface area contributed by atoms with Gasteiger partial charge in [-0.15, -0.1) is 0 Å². The number of fused-ring (bicyclic) bond motifs is 3. The number of rotatable bonds is 7.